The maximum absolute atomic E-state index is 10.7. The highest BCUT2D eigenvalue weighted by atomic mass is 16.4. The smallest absolute Gasteiger partial charge is 0.337 e. The van der Waals surface area contributed by atoms with Crippen LogP contribution in [0.2, 0.25) is 0 Å². The first kappa shape index (κ1) is 12.8. The highest BCUT2D eigenvalue weighted by Crippen LogP contribution is 2.24. The molecular formula is C13H18N2O3. The zero-order valence-electron chi connectivity index (χ0n) is 10.5. The molecule has 1 aliphatic heterocycles. The molecule has 2 rings (SSSR count). The predicted molar refractivity (Wildman–Crippen MR) is 67.9 cm³/mol. The molecule has 2 N–H and O–H groups in total. The Hall–Kier alpha value is -1.62. The van der Waals surface area contributed by atoms with Gasteiger partial charge in [-0.1, -0.05) is 0 Å². The standard InChI is InChI=1S/C13H18N2O3/c1-13(18)5-2-7-15(8-6-13)11-4-3-10(9-14-11)12(16)17/h3-4,9,18H,2,5-8H2,1H3,(H,16,17). The van der Waals surface area contributed by atoms with Crippen molar-refractivity contribution >= 4 is 11.8 Å². The van der Waals surface area contributed by atoms with Gasteiger partial charge in [-0.3, -0.25) is 0 Å². The fraction of sp³-hybridized carbons (Fsp3) is 0.538. The number of rotatable bonds is 2. The average molecular weight is 250 g/mol. The summed E-state index contributed by atoms with van der Waals surface area (Å²) in [6.45, 7) is 3.44. The molecule has 1 atom stereocenters. The van der Waals surface area contributed by atoms with E-state index in [0.29, 0.717) is 6.42 Å². The second-order valence-electron chi connectivity index (χ2n) is 5.05. The Labute approximate surface area is 106 Å². The molecule has 1 fully saturated rings. The summed E-state index contributed by atoms with van der Waals surface area (Å²) in [5.41, 5.74) is -0.406. The van der Waals surface area contributed by atoms with Crippen LogP contribution >= 0.6 is 0 Å². The molecule has 5 heteroatoms. The topological polar surface area (TPSA) is 73.7 Å². The second kappa shape index (κ2) is 4.94. The van der Waals surface area contributed by atoms with E-state index in [1.165, 1.54) is 6.20 Å². The summed E-state index contributed by atoms with van der Waals surface area (Å²) in [6, 6.07) is 3.29. The van der Waals surface area contributed by atoms with Crippen LogP contribution in [0.15, 0.2) is 18.3 Å². The Morgan fingerprint density at radius 3 is 2.78 bits per heavy atom. The zero-order valence-corrected chi connectivity index (χ0v) is 10.5. The summed E-state index contributed by atoms with van der Waals surface area (Å²) >= 11 is 0. The third-order valence-corrected chi connectivity index (χ3v) is 3.38. The van der Waals surface area contributed by atoms with Crippen molar-refractivity contribution in [2.45, 2.75) is 31.8 Å². The Morgan fingerprint density at radius 1 is 1.39 bits per heavy atom. The van der Waals surface area contributed by atoms with Crippen molar-refractivity contribution in [2.24, 2.45) is 0 Å². The first-order chi connectivity index (χ1) is 8.48. The molecular weight excluding hydrogens is 232 g/mol. The molecule has 0 saturated carbocycles. The number of hydrogen-bond donors (Lipinski definition) is 2. The quantitative estimate of drug-likeness (QED) is 0.832. The predicted octanol–water partition coefficient (Wildman–Crippen LogP) is 1.52. The number of carbonyl (C=O) groups is 1. The van der Waals surface area contributed by atoms with Crippen molar-refractivity contribution in [3.8, 4) is 0 Å². The number of aliphatic hydroxyl groups is 1. The molecule has 1 aliphatic rings. The van der Waals surface area contributed by atoms with Crippen molar-refractivity contribution in [3.05, 3.63) is 23.9 Å². The molecule has 98 valence electrons. The molecule has 0 bridgehead atoms. The van der Waals surface area contributed by atoms with Crippen LogP contribution in [0.3, 0.4) is 0 Å². The molecule has 0 radical (unpaired) electrons. The number of carboxylic acid groups (broad SMARTS) is 1. The van der Waals surface area contributed by atoms with E-state index < -0.39 is 11.6 Å². The van der Waals surface area contributed by atoms with Gasteiger partial charge in [-0.25, -0.2) is 9.78 Å². The summed E-state index contributed by atoms with van der Waals surface area (Å²) in [5.74, 6) is -0.189. The van der Waals surface area contributed by atoms with E-state index in [0.717, 1.165) is 31.7 Å². The van der Waals surface area contributed by atoms with Crippen molar-refractivity contribution < 1.29 is 15.0 Å². The number of pyridine rings is 1. The number of hydrogen-bond acceptors (Lipinski definition) is 4. The minimum Gasteiger partial charge on any atom is -0.478 e. The Kier molecular flexibility index (Phi) is 3.52. The lowest BCUT2D eigenvalue weighted by Gasteiger charge is -2.23. The fourth-order valence-corrected chi connectivity index (χ4v) is 2.19. The van der Waals surface area contributed by atoms with Gasteiger partial charge in [0.1, 0.15) is 5.82 Å². The summed E-state index contributed by atoms with van der Waals surface area (Å²) in [6.07, 6.45) is 3.78. The number of aromatic nitrogens is 1. The molecule has 0 amide bonds. The summed E-state index contributed by atoms with van der Waals surface area (Å²) in [7, 11) is 0. The Balaban J connectivity index is 2.09. The number of nitrogens with zero attached hydrogens (tertiary/aromatic N) is 2. The molecule has 5 nitrogen and oxygen atoms in total. The van der Waals surface area contributed by atoms with E-state index in [4.69, 9.17) is 5.11 Å². The van der Waals surface area contributed by atoms with E-state index in [-0.39, 0.29) is 5.56 Å². The van der Waals surface area contributed by atoms with Crippen LogP contribution in [0.1, 0.15) is 36.5 Å². The number of aromatic carboxylic acids is 1. The molecule has 1 aromatic rings. The van der Waals surface area contributed by atoms with Crippen LogP contribution in [0.5, 0.6) is 0 Å². The third-order valence-electron chi connectivity index (χ3n) is 3.38. The van der Waals surface area contributed by atoms with Gasteiger partial charge < -0.3 is 15.1 Å². The zero-order chi connectivity index (χ0) is 13.2. The number of anilines is 1. The van der Waals surface area contributed by atoms with Crippen molar-refractivity contribution in [1.82, 2.24) is 4.98 Å². The van der Waals surface area contributed by atoms with Crippen LogP contribution in [0, 0.1) is 0 Å². The fourth-order valence-electron chi connectivity index (χ4n) is 2.19. The van der Waals surface area contributed by atoms with Gasteiger partial charge in [0.05, 0.1) is 11.2 Å². The van der Waals surface area contributed by atoms with Crippen LogP contribution < -0.4 is 4.90 Å². The lowest BCUT2D eigenvalue weighted by Crippen LogP contribution is -2.28. The van der Waals surface area contributed by atoms with E-state index in [1.54, 1.807) is 12.1 Å². The molecule has 2 heterocycles. The third kappa shape index (κ3) is 2.98. The average Bonchev–Trinajstić information content (AvgIpc) is 2.50. The van der Waals surface area contributed by atoms with Gasteiger partial charge in [-0.2, -0.15) is 0 Å². The summed E-state index contributed by atoms with van der Waals surface area (Å²) in [5, 5.41) is 18.8. The molecule has 0 spiro atoms. The molecule has 1 saturated heterocycles. The monoisotopic (exact) mass is 250 g/mol. The minimum atomic E-state index is -0.965. The lowest BCUT2D eigenvalue weighted by molar-refractivity contribution is 0.0481. The van der Waals surface area contributed by atoms with E-state index >= 15 is 0 Å². The molecule has 1 aromatic heterocycles. The summed E-state index contributed by atoms with van der Waals surface area (Å²) in [4.78, 5) is 17.0. The van der Waals surface area contributed by atoms with Gasteiger partial charge in [0.25, 0.3) is 0 Å². The second-order valence-corrected chi connectivity index (χ2v) is 5.05. The maximum atomic E-state index is 10.7. The van der Waals surface area contributed by atoms with Gasteiger partial charge in [0.2, 0.25) is 0 Å². The highest BCUT2D eigenvalue weighted by Gasteiger charge is 2.25. The van der Waals surface area contributed by atoms with Crippen molar-refractivity contribution in [1.29, 1.82) is 0 Å². The first-order valence-corrected chi connectivity index (χ1v) is 6.15. The normalized spacial score (nSPS) is 24.7. The van der Waals surface area contributed by atoms with E-state index in [1.807, 2.05) is 6.92 Å². The van der Waals surface area contributed by atoms with Crippen LogP contribution in [-0.4, -0.2) is 39.9 Å². The van der Waals surface area contributed by atoms with E-state index in [2.05, 4.69) is 9.88 Å². The molecule has 0 aromatic carbocycles. The van der Waals surface area contributed by atoms with Gasteiger partial charge in [0, 0.05) is 19.3 Å². The summed E-state index contributed by atoms with van der Waals surface area (Å²) < 4.78 is 0. The Bertz CT molecular complexity index is 428. The Morgan fingerprint density at radius 2 is 2.17 bits per heavy atom. The van der Waals surface area contributed by atoms with Gasteiger partial charge >= 0.3 is 5.97 Å². The first-order valence-electron chi connectivity index (χ1n) is 6.15. The lowest BCUT2D eigenvalue weighted by atomic mass is 9.98. The van der Waals surface area contributed by atoms with Gasteiger partial charge in [0.15, 0.2) is 0 Å². The minimum absolute atomic E-state index is 0.195. The van der Waals surface area contributed by atoms with Crippen LogP contribution in [0.4, 0.5) is 5.82 Å². The van der Waals surface area contributed by atoms with Gasteiger partial charge in [-0.15, -0.1) is 0 Å². The molecule has 18 heavy (non-hydrogen) atoms. The number of carboxylic acids is 1. The van der Waals surface area contributed by atoms with Crippen molar-refractivity contribution in [3.63, 3.8) is 0 Å². The van der Waals surface area contributed by atoms with Crippen molar-refractivity contribution in [2.75, 3.05) is 18.0 Å². The van der Waals surface area contributed by atoms with Crippen LogP contribution in [0.25, 0.3) is 0 Å². The maximum Gasteiger partial charge on any atom is 0.337 e. The van der Waals surface area contributed by atoms with Crippen LogP contribution in [-0.2, 0) is 0 Å². The molecule has 1 unspecified atom stereocenters. The van der Waals surface area contributed by atoms with E-state index in [9.17, 15) is 9.90 Å². The molecule has 0 aliphatic carbocycles. The SMILES string of the molecule is CC1(O)CCCN(c2ccc(C(=O)O)cn2)CC1. The highest BCUT2D eigenvalue weighted by molar-refractivity contribution is 5.87. The van der Waals surface area contributed by atoms with Gasteiger partial charge in [-0.05, 0) is 38.3 Å². The largest absolute Gasteiger partial charge is 0.478 e.